The van der Waals surface area contributed by atoms with Gasteiger partial charge >= 0.3 is 0 Å². The molecule has 0 aromatic heterocycles. The minimum atomic E-state index is 0.479. The molecule has 1 aliphatic carbocycles. The van der Waals surface area contributed by atoms with E-state index in [0.29, 0.717) is 5.41 Å². The Morgan fingerprint density at radius 3 is 2.56 bits per heavy atom. The summed E-state index contributed by atoms with van der Waals surface area (Å²) in [6.07, 6.45) is 9.76. The Morgan fingerprint density at radius 2 is 2.22 bits per heavy atom. The molecule has 1 saturated carbocycles. The standard InChI is InChI=1S/C8H13N/c1-2-3-4-8(7-9)5-6-8/h1H,3-7,9H2. The summed E-state index contributed by atoms with van der Waals surface area (Å²) in [5, 5.41) is 0. The summed E-state index contributed by atoms with van der Waals surface area (Å²) in [6.45, 7) is 0.828. The van der Waals surface area contributed by atoms with Crippen molar-refractivity contribution in [3.8, 4) is 12.3 Å². The molecule has 1 heteroatoms. The van der Waals surface area contributed by atoms with E-state index in [-0.39, 0.29) is 0 Å². The molecule has 0 saturated heterocycles. The molecule has 50 valence electrons. The van der Waals surface area contributed by atoms with Crippen molar-refractivity contribution >= 4 is 0 Å². The highest BCUT2D eigenvalue weighted by atomic mass is 14.6. The van der Waals surface area contributed by atoms with Gasteiger partial charge in [0.2, 0.25) is 0 Å². The summed E-state index contributed by atoms with van der Waals surface area (Å²) in [6, 6.07) is 0. The lowest BCUT2D eigenvalue weighted by Gasteiger charge is -2.07. The van der Waals surface area contributed by atoms with Crippen LogP contribution in [0.2, 0.25) is 0 Å². The summed E-state index contributed by atoms with van der Waals surface area (Å²) in [5.41, 5.74) is 6.02. The number of rotatable bonds is 3. The molecule has 0 amide bonds. The Morgan fingerprint density at radius 1 is 1.56 bits per heavy atom. The lowest BCUT2D eigenvalue weighted by atomic mass is 10.0. The van der Waals surface area contributed by atoms with Crippen LogP contribution >= 0.6 is 0 Å². The van der Waals surface area contributed by atoms with E-state index in [9.17, 15) is 0 Å². The van der Waals surface area contributed by atoms with Gasteiger partial charge in [-0.15, -0.1) is 12.3 Å². The Hall–Kier alpha value is -0.480. The van der Waals surface area contributed by atoms with E-state index in [0.717, 1.165) is 19.4 Å². The minimum absolute atomic E-state index is 0.479. The van der Waals surface area contributed by atoms with Crippen LogP contribution in [0.25, 0.3) is 0 Å². The fraction of sp³-hybridized carbons (Fsp3) is 0.750. The van der Waals surface area contributed by atoms with Gasteiger partial charge in [-0.2, -0.15) is 0 Å². The van der Waals surface area contributed by atoms with Crippen molar-refractivity contribution in [2.24, 2.45) is 11.1 Å². The van der Waals surface area contributed by atoms with Crippen LogP contribution in [-0.4, -0.2) is 6.54 Å². The van der Waals surface area contributed by atoms with Crippen LogP contribution in [0.1, 0.15) is 25.7 Å². The van der Waals surface area contributed by atoms with Crippen molar-refractivity contribution in [1.29, 1.82) is 0 Å². The van der Waals surface area contributed by atoms with Gasteiger partial charge < -0.3 is 5.73 Å². The summed E-state index contributed by atoms with van der Waals surface area (Å²) in [7, 11) is 0. The first-order valence-electron chi connectivity index (χ1n) is 3.46. The molecule has 0 bridgehead atoms. The zero-order valence-electron chi connectivity index (χ0n) is 5.69. The molecule has 0 atom stereocenters. The fourth-order valence-corrected chi connectivity index (χ4v) is 1.07. The van der Waals surface area contributed by atoms with Crippen LogP contribution < -0.4 is 5.73 Å². The van der Waals surface area contributed by atoms with E-state index in [1.807, 2.05) is 0 Å². The smallest absolute Gasteiger partial charge is 0.00918 e. The van der Waals surface area contributed by atoms with Gasteiger partial charge in [-0.3, -0.25) is 0 Å². The minimum Gasteiger partial charge on any atom is -0.330 e. The van der Waals surface area contributed by atoms with Crippen LogP contribution in [0.15, 0.2) is 0 Å². The fourth-order valence-electron chi connectivity index (χ4n) is 1.07. The van der Waals surface area contributed by atoms with Gasteiger partial charge in [0.25, 0.3) is 0 Å². The molecule has 0 spiro atoms. The third-order valence-electron chi connectivity index (χ3n) is 2.19. The van der Waals surface area contributed by atoms with Crippen LogP contribution in [0.3, 0.4) is 0 Å². The third-order valence-corrected chi connectivity index (χ3v) is 2.19. The maximum absolute atomic E-state index is 5.54. The lowest BCUT2D eigenvalue weighted by Crippen LogP contribution is -2.14. The molecular weight excluding hydrogens is 110 g/mol. The molecule has 1 nitrogen and oxygen atoms in total. The molecular formula is C8H13N. The average molecular weight is 123 g/mol. The zero-order valence-corrected chi connectivity index (χ0v) is 5.69. The summed E-state index contributed by atoms with van der Waals surface area (Å²) in [4.78, 5) is 0. The van der Waals surface area contributed by atoms with E-state index in [2.05, 4.69) is 5.92 Å². The molecule has 0 unspecified atom stereocenters. The molecule has 0 heterocycles. The summed E-state index contributed by atoms with van der Waals surface area (Å²) < 4.78 is 0. The quantitative estimate of drug-likeness (QED) is 0.559. The Balaban J connectivity index is 2.19. The highest BCUT2D eigenvalue weighted by Gasteiger charge is 2.39. The van der Waals surface area contributed by atoms with E-state index in [1.165, 1.54) is 12.8 Å². The number of nitrogens with two attached hydrogens (primary N) is 1. The van der Waals surface area contributed by atoms with Crippen LogP contribution in [0.4, 0.5) is 0 Å². The van der Waals surface area contributed by atoms with Crippen LogP contribution in [-0.2, 0) is 0 Å². The van der Waals surface area contributed by atoms with Crippen molar-refractivity contribution in [1.82, 2.24) is 0 Å². The normalized spacial score (nSPS) is 20.9. The van der Waals surface area contributed by atoms with E-state index >= 15 is 0 Å². The first kappa shape index (κ1) is 6.64. The Labute approximate surface area is 56.6 Å². The highest BCUT2D eigenvalue weighted by molar-refractivity contribution is 4.97. The van der Waals surface area contributed by atoms with Gasteiger partial charge in [0.05, 0.1) is 0 Å². The van der Waals surface area contributed by atoms with E-state index in [1.54, 1.807) is 0 Å². The van der Waals surface area contributed by atoms with E-state index in [4.69, 9.17) is 12.2 Å². The predicted octanol–water partition coefficient (Wildman–Crippen LogP) is 1.14. The topological polar surface area (TPSA) is 26.0 Å². The van der Waals surface area contributed by atoms with Crippen molar-refractivity contribution in [2.75, 3.05) is 6.54 Å². The summed E-state index contributed by atoms with van der Waals surface area (Å²) in [5.74, 6) is 2.64. The monoisotopic (exact) mass is 123 g/mol. The van der Waals surface area contributed by atoms with Crippen molar-refractivity contribution in [3.05, 3.63) is 0 Å². The Kier molecular flexibility index (Phi) is 1.78. The number of terminal acetylenes is 1. The maximum Gasteiger partial charge on any atom is 0.00918 e. The molecule has 2 N–H and O–H groups in total. The SMILES string of the molecule is C#CCCC1(CN)CC1. The first-order valence-corrected chi connectivity index (χ1v) is 3.46. The van der Waals surface area contributed by atoms with E-state index < -0.39 is 0 Å². The maximum atomic E-state index is 5.54. The second-order valence-corrected chi connectivity index (χ2v) is 2.91. The first-order chi connectivity index (χ1) is 4.33. The second kappa shape index (κ2) is 2.41. The molecule has 1 rings (SSSR count). The van der Waals surface area contributed by atoms with Gasteiger partial charge in [0.15, 0.2) is 0 Å². The molecule has 0 aromatic carbocycles. The summed E-state index contributed by atoms with van der Waals surface area (Å²) >= 11 is 0. The molecule has 0 radical (unpaired) electrons. The zero-order chi connectivity index (χ0) is 6.74. The van der Waals surface area contributed by atoms with Crippen LogP contribution in [0.5, 0.6) is 0 Å². The van der Waals surface area contributed by atoms with Crippen molar-refractivity contribution in [2.45, 2.75) is 25.7 Å². The van der Waals surface area contributed by atoms with Gasteiger partial charge in [-0.25, -0.2) is 0 Å². The largest absolute Gasteiger partial charge is 0.330 e. The molecule has 0 aromatic rings. The van der Waals surface area contributed by atoms with Gasteiger partial charge in [-0.05, 0) is 31.2 Å². The predicted molar refractivity (Wildman–Crippen MR) is 38.8 cm³/mol. The van der Waals surface area contributed by atoms with Gasteiger partial charge in [0.1, 0.15) is 0 Å². The number of hydrogen-bond donors (Lipinski definition) is 1. The molecule has 0 aliphatic heterocycles. The average Bonchev–Trinajstić information content (AvgIpc) is 2.65. The number of hydrogen-bond acceptors (Lipinski definition) is 1. The van der Waals surface area contributed by atoms with Gasteiger partial charge in [-0.1, -0.05) is 0 Å². The third kappa shape index (κ3) is 1.46. The molecule has 9 heavy (non-hydrogen) atoms. The lowest BCUT2D eigenvalue weighted by molar-refractivity contribution is 0.487. The Bertz CT molecular complexity index is 128. The molecule has 1 aliphatic rings. The second-order valence-electron chi connectivity index (χ2n) is 2.91. The molecule has 1 fully saturated rings. The highest BCUT2D eigenvalue weighted by Crippen LogP contribution is 2.48. The van der Waals surface area contributed by atoms with Gasteiger partial charge in [0, 0.05) is 6.42 Å². The van der Waals surface area contributed by atoms with Crippen molar-refractivity contribution < 1.29 is 0 Å². The van der Waals surface area contributed by atoms with Crippen LogP contribution in [0, 0.1) is 17.8 Å². The van der Waals surface area contributed by atoms with Crippen molar-refractivity contribution in [3.63, 3.8) is 0 Å².